The highest BCUT2D eigenvalue weighted by Gasteiger charge is 2.18. The number of benzene rings is 2. The minimum Gasteiger partial charge on any atom is -0.395 e. The summed E-state index contributed by atoms with van der Waals surface area (Å²) in [5.74, 6) is -0.153. The Labute approximate surface area is 146 Å². The molecular formula is C20H21N3O2. The van der Waals surface area contributed by atoms with Crippen molar-refractivity contribution < 1.29 is 9.90 Å². The Bertz CT molecular complexity index is 800. The Hall–Kier alpha value is -2.92. The van der Waals surface area contributed by atoms with Gasteiger partial charge in [-0.25, -0.2) is 0 Å². The van der Waals surface area contributed by atoms with E-state index in [1.807, 2.05) is 60.7 Å². The number of nitrogens with zero attached hydrogens (tertiary/aromatic N) is 2. The lowest BCUT2D eigenvalue weighted by Crippen LogP contribution is -2.35. The molecule has 0 saturated heterocycles. The molecule has 5 heteroatoms. The average Bonchev–Trinajstić information content (AvgIpc) is 3.16. The molecule has 0 saturated carbocycles. The van der Waals surface area contributed by atoms with Crippen LogP contribution in [0, 0.1) is 0 Å². The zero-order chi connectivity index (χ0) is 17.5. The number of aliphatic hydroxyl groups is 1. The van der Waals surface area contributed by atoms with Crippen LogP contribution in [-0.4, -0.2) is 45.8 Å². The van der Waals surface area contributed by atoms with E-state index < -0.39 is 0 Å². The van der Waals surface area contributed by atoms with Gasteiger partial charge in [-0.05, 0) is 18.1 Å². The van der Waals surface area contributed by atoms with Crippen LogP contribution in [0.1, 0.15) is 16.1 Å². The third-order valence-electron chi connectivity index (χ3n) is 4.05. The summed E-state index contributed by atoms with van der Waals surface area (Å²) >= 11 is 0. The highest BCUT2D eigenvalue weighted by Crippen LogP contribution is 2.17. The molecule has 0 aliphatic carbocycles. The van der Waals surface area contributed by atoms with E-state index in [0.29, 0.717) is 18.8 Å². The molecule has 0 aliphatic heterocycles. The van der Waals surface area contributed by atoms with Crippen LogP contribution >= 0.6 is 0 Å². The van der Waals surface area contributed by atoms with Crippen LogP contribution in [0.5, 0.6) is 0 Å². The second-order valence-electron chi connectivity index (χ2n) is 5.78. The molecule has 0 atom stereocenters. The summed E-state index contributed by atoms with van der Waals surface area (Å²) in [6, 6.07) is 21.5. The van der Waals surface area contributed by atoms with Gasteiger partial charge in [0.25, 0.3) is 5.91 Å². The fourth-order valence-corrected chi connectivity index (χ4v) is 2.70. The fraction of sp³-hybridized carbons (Fsp3) is 0.200. The van der Waals surface area contributed by atoms with Gasteiger partial charge < -0.3 is 10.0 Å². The molecular weight excluding hydrogens is 314 g/mol. The number of carbonyl (C=O) groups is 1. The number of nitrogens with one attached hydrogen (secondary N) is 1. The number of hydrogen-bond donors (Lipinski definition) is 2. The molecule has 5 nitrogen and oxygen atoms in total. The van der Waals surface area contributed by atoms with Gasteiger partial charge in [-0.1, -0.05) is 60.7 Å². The first-order chi connectivity index (χ1) is 12.3. The Morgan fingerprint density at radius 2 is 1.68 bits per heavy atom. The van der Waals surface area contributed by atoms with Crippen LogP contribution in [0.15, 0.2) is 66.7 Å². The van der Waals surface area contributed by atoms with Crippen molar-refractivity contribution in [3.05, 3.63) is 78.0 Å². The lowest BCUT2D eigenvalue weighted by atomic mass is 10.1. The quantitative estimate of drug-likeness (QED) is 0.697. The van der Waals surface area contributed by atoms with E-state index in [9.17, 15) is 9.90 Å². The Kier molecular flexibility index (Phi) is 5.59. The molecule has 0 bridgehead atoms. The number of hydrogen-bond acceptors (Lipinski definition) is 3. The van der Waals surface area contributed by atoms with Crippen LogP contribution in [0.3, 0.4) is 0 Å². The monoisotopic (exact) mass is 335 g/mol. The molecule has 0 fully saturated rings. The second-order valence-corrected chi connectivity index (χ2v) is 5.78. The molecule has 3 rings (SSSR count). The van der Waals surface area contributed by atoms with E-state index in [0.717, 1.165) is 23.2 Å². The number of carbonyl (C=O) groups excluding carboxylic acids is 1. The van der Waals surface area contributed by atoms with Crippen LogP contribution in [0.25, 0.3) is 11.3 Å². The largest absolute Gasteiger partial charge is 0.395 e. The summed E-state index contributed by atoms with van der Waals surface area (Å²) < 4.78 is 0. The maximum Gasteiger partial charge on any atom is 0.271 e. The third-order valence-corrected chi connectivity index (χ3v) is 4.05. The van der Waals surface area contributed by atoms with Gasteiger partial charge in [0.15, 0.2) is 0 Å². The molecule has 1 aromatic heterocycles. The van der Waals surface area contributed by atoms with Crippen molar-refractivity contribution in [1.29, 1.82) is 0 Å². The van der Waals surface area contributed by atoms with Gasteiger partial charge in [0.2, 0.25) is 0 Å². The molecule has 2 aromatic carbocycles. The molecule has 0 aliphatic rings. The lowest BCUT2D eigenvalue weighted by Gasteiger charge is -2.21. The SMILES string of the molecule is O=C(c1cc(-c2ccccc2)n[nH]1)N(CCO)CCc1ccccc1. The molecule has 1 amide bonds. The summed E-state index contributed by atoms with van der Waals surface area (Å²) in [6.07, 6.45) is 0.742. The third kappa shape index (κ3) is 4.33. The van der Waals surface area contributed by atoms with Crippen LogP contribution in [-0.2, 0) is 6.42 Å². The second kappa shape index (κ2) is 8.26. The fourth-order valence-electron chi connectivity index (χ4n) is 2.70. The Morgan fingerprint density at radius 1 is 1.00 bits per heavy atom. The van der Waals surface area contributed by atoms with Gasteiger partial charge in [0, 0.05) is 18.7 Å². The first-order valence-corrected chi connectivity index (χ1v) is 8.33. The molecule has 1 heterocycles. The van der Waals surface area contributed by atoms with E-state index in [4.69, 9.17) is 0 Å². The predicted octanol–water partition coefficient (Wildman–Crippen LogP) is 2.75. The summed E-state index contributed by atoms with van der Waals surface area (Å²) in [4.78, 5) is 14.4. The zero-order valence-corrected chi connectivity index (χ0v) is 13.9. The Balaban J connectivity index is 1.71. The van der Waals surface area contributed by atoms with Crippen LogP contribution < -0.4 is 0 Å². The predicted molar refractivity (Wildman–Crippen MR) is 97.2 cm³/mol. The van der Waals surface area contributed by atoms with Crippen LogP contribution in [0.2, 0.25) is 0 Å². The highest BCUT2D eigenvalue weighted by atomic mass is 16.3. The molecule has 0 unspecified atom stereocenters. The minimum atomic E-state index is -0.153. The summed E-state index contributed by atoms with van der Waals surface area (Å²) in [6.45, 7) is 0.772. The number of aromatic nitrogens is 2. The smallest absolute Gasteiger partial charge is 0.271 e. The minimum absolute atomic E-state index is 0.0692. The maximum absolute atomic E-state index is 12.7. The first kappa shape index (κ1) is 16.9. The van der Waals surface area contributed by atoms with Crippen molar-refractivity contribution in [3.8, 4) is 11.3 Å². The number of rotatable bonds is 7. The molecule has 0 spiro atoms. The van der Waals surface area contributed by atoms with Gasteiger partial charge in [-0.2, -0.15) is 5.10 Å². The number of aliphatic hydroxyl groups excluding tert-OH is 1. The van der Waals surface area contributed by atoms with Gasteiger partial charge in [-0.3, -0.25) is 9.89 Å². The van der Waals surface area contributed by atoms with E-state index in [2.05, 4.69) is 10.2 Å². The molecule has 0 radical (unpaired) electrons. The van der Waals surface area contributed by atoms with Gasteiger partial charge >= 0.3 is 0 Å². The average molecular weight is 335 g/mol. The number of amides is 1. The number of aromatic amines is 1. The van der Waals surface area contributed by atoms with Crippen molar-refractivity contribution in [2.75, 3.05) is 19.7 Å². The topological polar surface area (TPSA) is 69.2 Å². The summed E-state index contributed by atoms with van der Waals surface area (Å²) in [7, 11) is 0. The van der Waals surface area contributed by atoms with E-state index in [1.54, 1.807) is 11.0 Å². The Morgan fingerprint density at radius 3 is 2.36 bits per heavy atom. The highest BCUT2D eigenvalue weighted by molar-refractivity contribution is 5.93. The van der Waals surface area contributed by atoms with E-state index in [1.165, 1.54) is 0 Å². The van der Waals surface area contributed by atoms with Gasteiger partial charge in [0.1, 0.15) is 5.69 Å². The van der Waals surface area contributed by atoms with Crippen molar-refractivity contribution >= 4 is 5.91 Å². The normalized spacial score (nSPS) is 10.6. The van der Waals surface area contributed by atoms with Crippen molar-refractivity contribution in [3.63, 3.8) is 0 Å². The standard InChI is InChI=1S/C20H21N3O2/c24-14-13-23(12-11-16-7-3-1-4-8-16)20(25)19-15-18(21-22-19)17-9-5-2-6-10-17/h1-10,15,24H,11-14H2,(H,21,22). The summed E-state index contributed by atoms with van der Waals surface area (Å²) in [5.41, 5.74) is 3.28. The molecule has 3 aromatic rings. The molecule has 25 heavy (non-hydrogen) atoms. The van der Waals surface area contributed by atoms with Gasteiger partial charge in [0.05, 0.1) is 12.3 Å². The maximum atomic E-state index is 12.7. The van der Waals surface area contributed by atoms with E-state index in [-0.39, 0.29) is 12.5 Å². The number of H-pyrrole nitrogens is 1. The molecule has 128 valence electrons. The lowest BCUT2D eigenvalue weighted by molar-refractivity contribution is 0.0718. The van der Waals surface area contributed by atoms with Gasteiger partial charge in [-0.15, -0.1) is 0 Å². The molecule has 2 N–H and O–H groups in total. The zero-order valence-electron chi connectivity index (χ0n) is 13.9. The summed E-state index contributed by atoms with van der Waals surface area (Å²) in [5, 5.41) is 16.3. The van der Waals surface area contributed by atoms with Crippen LogP contribution in [0.4, 0.5) is 0 Å². The first-order valence-electron chi connectivity index (χ1n) is 8.33. The van der Waals surface area contributed by atoms with E-state index >= 15 is 0 Å². The van der Waals surface area contributed by atoms with Crippen molar-refractivity contribution in [1.82, 2.24) is 15.1 Å². The van der Waals surface area contributed by atoms with Crippen molar-refractivity contribution in [2.24, 2.45) is 0 Å². The van der Waals surface area contributed by atoms with Crippen molar-refractivity contribution in [2.45, 2.75) is 6.42 Å².